The van der Waals surface area contributed by atoms with Crippen LogP contribution in [0, 0.1) is 23.2 Å². The Kier molecular flexibility index (Phi) is 3.45. The van der Waals surface area contributed by atoms with Crippen LogP contribution in [0.4, 0.5) is 0 Å². The molecule has 1 amide bonds. The van der Waals surface area contributed by atoms with Crippen molar-refractivity contribution in [2.45, 2.75) is 38.5 Å². The molecule has 0 atom stereocenters. The van der Waals surface area contributed by atoms with E-state index < -0.39 is 0 Å². The van der Waals surface area contributed by atoms with E-state index in [2.05, 4.69) is 47.4 Å². The average Bonchev–Trinajstić information content (AvgIpc) is 2.75. The van der Waals surface area contributed by atoms with Crippen LogP contribution < -0.4 is 5.32 Å². The van der Waals surface area contributed by atoms with Crippen molar-refractivity contribution in [1.29, 1.82) is 0 Å². The van der Waals surface area contributed by atoms with Crippen molar-refractivity contribution >= 4 is 37.8 Å². The molecule has 6 heteroatoms. The Hall–Kier alpha value is -0.360. The van der Waals surface area contributed by atoms with Gasteiger partial charge in [-0.1, -0.05) is 0 Å². The van der Waals surface area contributed by atoms with E-state index in [9.17, 15) is 4.79 Å². The highest BCUT2D eigenvalue weighted by molar-refractivity contribution is 9.13. The standard InChI is InChI=1S/C15H19Br2N3O/c16-11-12(19-20-13(11)17)14(21)18-7-15-4-8-1-9(5-15)3-10(2-8)6-15/h8-10H,1-7H2,(H,18,21)(H,19,20). The molecule has 0 aliphatic heterocycles. The second-order valence-corrected chi connectivity index (χ2v) is 8.89. The van der Waals surface area contributed by atoms with Crippen LogP contribution in [0.2, 0.25) is 0 Å². The lowest BCUT2D eigenvalue weighted by Gasteiger charge is -2.56. The fourth-order valence-corrected chi connectivity index (χ4v) is 5.95. The molecule has 4 fully saturated rings. The highest BCUT2D eigenvalue weighted by atomic mass is 79.9. The Morgan fingerprint density at radius 3 is 2.24 bits per heavy atom. The van der Waals surface area contributed by atoms with Crippen molar-refractivity contribution in [3.63, 3.8) is 0 Å². The van der Waals surface area contributed by atoms with Crippen molar-refractivity contribution in [2.75, 3.05) is 6.54 Å². The van der Waals surface area contributed by atoms with Gasteiger partial charge in [0.25, 0.3) is 5.91 Å². The summed E-state index contributed by atoms with van der Waals surface area (Å²) in [6, 6.07) is 0. The number of nitrogens with one attached hydrogen (secondary N) is 2. The van der Waals surface area contributed by atoms with Crippen molar-refractivity contribution in [1.82, 2.24) is 15.5 Å². The summed E-state index contributed by atoms with van der Waals surface area (Å²) < 4.78 is 1.41. The first kappa shape index (κ1) is 14.2. The fraction of sp³-hybridized carbons (Fsp3) is 0.733. The summed E-state index contributed by atoms with van der Waals surface area (Å²) in [5.74, 6) is 2.66. The molecule has 5 rings (SSSR count). The minimum Gasteiger partial charge on any atom is -0.350 e. The van der Waals surface area contributed by atoms with Gasteiger partial charge in [-0.15, -0.1) is 0 Å². The lowest BCUT2D eigenvalue weighted by atomic mass is 9.49. The first-order valence-corrected chi connectivity index (χ1v) is 9.31. The van der Waals surface area contributed by atoms with Gasteiger partial charge in [-0.05, 0) is 93.6 Å². The van der Waals surface area contributed by atoms with Crippen molar-refractivity contribution in [3.8, 4) is 0 Å². The Bertz CT molecular complexity index is 548. The number of amides is 1. The van der Waals surface area contributed by atoms with Gasteiger partial charge in [-0.3, -0.25) is 9.89 Å². The van der Waals surface area contributed by atoms with Gasteiger partial charge in [-0.25, -0.2) is 0 Å². The minimum absolute atomic E-state index is 0.0837. The number of aromatic nitrogens is 2. The molecular formula is C15H19Br2N3O. The Balaban J connectivity index is 1.45. The predicted octanol–water partition coefficient (Wildman–Crippen LogP) is 3.88. The molecule has 2 N–H and O–H groups in total. The lowest BCUT2D eigenvalue weighted by Crippen LogP contribution is -2.51. The molecule has 1 aromatic heterocycles. The van der Waals surface area contributed by atoms with Gasteiger partial charge in [0, 0.05) is 6.54 Å². The summed E-state index contributed by atoms with van der Waals surface area (Å²) in [5.41, 5.74) is 0.802. The van der Waals surface area contributed by atoms with Crippen LogP contribution in [0.5, 0.6) is 0 Å². The molecule has 1 aromatic rings. The van der Waals surface area contributed by atoms with E-state index in [0.29, 0.717) is 20.2 Å². The van der Waals surface area contributed by atoms with Gasteiger partial charge in [0.2, 0.25) is 0 Å². The molecule has 0 spiro atoms. The van der Waals surface area contributed by atoms with Gasteiger partial charge in [0.15, 0.2) is 5.69 Å². The van der Waals surface area contributed by atoms with Crippen molar-refractivity contribution in [2.24, 2.45) is 23.2 Å². The van der Waals surface area contributed by atoms with E-state index in [4.69, 9.17) is 0 Å². The zero-order valence-electron chi connectivity index (χ0n) is 11.8. The van der Waals surface area contributed by atoms with Gasteiger partial charge in [0.1, 0.15) is 4.60 Å². The molecule has 1 heterocycles. The maximum absolute atomic E-state index is 12.3. The number of rotatable bonds is 3. The summed E-state index contributed by atoms with van der Waals surface area (Å²) in [7, 11) is 0. The quantitative estimate of drug-likeness (QED) is 0.785. The third kappa shape index (κ3) is 2.48. The summed E-state index contributed by atoms with van der Waals surface area (Å²) in [6.45, 7) is 0.812. The normalized spacial score (nSPS) is 37.0. The van der Waals surface area contributed by atoms with E-state index in [-0.39, 0.29) is 5.91 Å². The van der Waals surface area contributed by atoms with Gasteiger partial charge < -0.3 is 5.32 Å². The number of halogens is 2. The molecule has 4 bridgehead atoms. The molecular weight excluding hydrogens is 398 g/mol. The SMILES string of the molecule is O=C(NCC12CC3CC(CC(C3)C1)C2)c1n[nH]c(Br)c1Br. The summed E-state index contributed by atoms with van der Waals surface area (Å²) in [4.78, 5) is 12.3. The number of hydrogen-bond acceptors (Lipinski definition) is 2. The van der Waals surface area contributed by atoms with Gasteiger partial charge in [0.05, 0.1) is 4.47 Å². The maximum Gasteiger partial charge on any atom is 0.273 e. The molecule has 4 aliphatic carbocycles. The third-order valence-corrected chi connectivity index (χ3v) is 7.55. The molecule has 0 radical (unpaired) electrons. The number of nitrogens with zero attached hydrogens (tertiary/aromatic N) is 1. The van der Waals surface area contributed by atoms with E-state index in [1.54, 1.807) is 0 Å². The largest absolute Gasteiger partial charge is 0.350 e. The maximum atomic E-state index is 12.3. The zero-order chi connectivity index (χ0) is 14.6. The van der Waals surface area contributed by atoms with Crippen LogP contribution in [0.1, 0.15) is 49.0 Å². The molecule has 114 valence electrons. The van der Waals surface area contributed by atoms with Crippen LogP contribution in [0.15, 0.2) is 9.08 Å². The number of aromatic amines is 1. The van der Waals surface area contributed by atoms with E-state index in [0.717, 1.165) is 24.3 Å². The smallest absolute Gasteiger partial charge is 0.273 e. The first-order chi connectivity index (χ1) is 10.0. The average molecular weight is 417 g/mol. The zero-order valence-corrected chi connectivity index (χ0v) is 15.0. The second kappa shape index (κ2) is 5.08. The number of hydrogen-bond donors (Lipinski definition) is 2. The van der Waals surface area contributed by atoms with Crippen molar-refractivity contribution < 1.29 is 4.79 Å². The van der Waals surface area contributed by atoms with Crippen LogP contribution in [-0.2, 0) is 0 Å². The number of H-pyrrole nitrogens is 1. The fourth-order valence-electron chi connectivity index (χ4n) is 5.32. The Labute approximate surface area is 141 Å². The molecule has 0 unspecified atom stereocenters. The van der Waals surface area contributed by atoms with Crippen LogP contribution in [0.3, 0.4) is 0 Å². The molecule has 0 aromatic carbocycles. The Morgan fingerprint density at radius 1 is 1.19 bits per heavy atom. The van der Waals surface area contributed by atoms with E-state index >= 15 is 0 Å². The third-order valence-electron chi connectivity index (χ3n) is 5.67. The van der Waals surface area contributed by atoms with Crippen LogP contribution in [0.25, 0.3) is 0 Å². The van der Waals surface area contributed by atoms with Gasteiger partial charge >= 0.3 is 0 Å². The molecule has 4 aliphatic rings. The monoisotopic (exact) mass is 415 g/mol. The highest BCUT2D eigenvalue weighted by Crippen LogP contribution is 2.59. The molecule has 21 heavy (non-hydrogen) atoms. The minimum atomic E-state index is -0.0837. The van der Waals surface area contributed by atoms with E-state index in [1.165, 1.54) is 38.5 Å². The number of carbonyl (C=O) groups is 1. The Morgan fingerprint density at radius 2 is 1.76 bits per heavy atom. The lowest BCUT2D eigenvalue weighted by molar-refractivity contribution is -0.0503. The molecule has 0 saturated heterocycles. The van der Waals surface area contributed by atoms with Crippen LogP contribution in [-0.4, -0.2) is 22.6 Å². The van der Waals surface area contributed by atoms with Gasteiger partial charge in [-0.2, -0.15) is 5.10 Å². The first-order valence-electron chi connectivity index (χ1n) is 7.72. The number of carbonyl (C=O) groups excluding carboxylic acids is 1. The predicted molar refractivity (Wildman–Crippen MR) is 86.9 cm³/mol. The summed E-state index contributed by atoms with van der Waals surface area (Å²) in [5, 5.41) is 9.96. The van der Waals surface area contributed by atoms with E-state index in [1.807, 2.05) is 0 Å². The van der Waals surface area contributed by atoms with Crippen molar-refractivity contribution in [3.05, 3.63) is 14.8 Å². The summed E-state index contributed by atoms with van der Waals surface area (Å²) >= 11 is 6.71. The summed E-state index contributed by atoms with van der Waals surface area (Å²) in [6.07, 6.45) is 8.24. The topological polar surface area (TPSA) is 57.8 Å². The second-order valence-electron chi connectivity index (χ2n) is 7.30. The van der Waals surface area contributed by atoms with Crippen LogP contribution >= 0.6 is 31.9 Å². The highest BCUT2D eigenvalue weighted by Gasteiger charge is 2.50. The molecule has 4 nitrogen and oxygen atoms in total. The molecule has 4 saturated carbocycles.